The second-order valence-corrected chi connectivity index (χ2v) is 7.31. The van der Waals surface area contributed by atoms with Crippen LogP contribution in [0.2, 0.25) is 0 Å². The first-order chi connectivity index (χ1) is 13.4. The van der Waals surface area contributed by atoms with E-state index in [1.807, 2.05) is 25.1 Å². The maximum Gasteiger partial charge on any atom is 0.325 e. The molecule has 0 fully saturated rings. The van der Waals surface area contributed by atoms with Crippen LogP contribution >= 0.6 is 11.3 Å². The van der Waals surface area contributed by atoms with E-state index in [9.17, 15) is 14.4 Å². The van der Waals surface area contributed by atoms with Gasteiger partial charge in [0.05, 0.1) is 4.88 Å². The van der Waals surface area contributed by atoms with Gasteiger partial charge >= 0.3 is 5.97 Å². The highest BCUT2D eigenvalue weighted by molar-refractivity contribution is 7.13. The normalized spacial score (nSPS) is 10.2. The first-order valence-corrected chi connectivity index (χ1v) is 9.89. The van der Waals surface area contributed by atoms with Gasteiger partial charge in [0.1, 0.15) is 6.54 Å². The number of hydrogen-bond donors (Lipinski definition) is 2. The molecule has 1 heterocycles. The summed E-state index contributed by atoms with van der Waals surface area (Å²) in [5, 5.41) is 5.15. The molecule has 0 atom stereocenters. The molecule has 8 heteroatoms. The van der Waals surface area contributed by atoms with Crippen molar-refractivity contribution in [2.75, 3.05) is 36.5 Å². The Hall–Kier alpha value is -2.87. The summed E-state index contributed by atoms with van der Waals surface area (Å²) in [5.41, 5.74) is 1.70. The molecule has 1 aromatic heterocycles. The number of aryl methyl sites for hydroxylation is 1. The van der Waals surface area contributed by atoms with E-state index in [2.05, 4.69) is 29.4 Å². The van der Waals surface area contributed by atoms with Crippen LogP contribution in [0.1, 0.15) is 28.4 Å². The molecular formula is C20H25N3O4S. The lowest BCUT2D eigenvalue weighted by Crippen LogP contribution is -2.31. The smallest absolute Gasteiger partial charge is 0.325 e. The lowest BCUT2D eigenvalue weighted by Gasteiger charge is -2.21. The maximum atomic E-state index is 11.9. The van der Waals surface area contributed by atoms with Gasteiger partial charge in [0.25, 0.3) is 11.8 Å². The fourth-order valence-corrected chi connectivity index (χ4v) is 3.32. The lowest BCUT2D eigenvalue weighted by atomic mass is 10.2. The first kappa shape index (κ1) is 21.4. The van der Waals surface area contributed by atoms with Gasteiger partial charge in [-0.3, -0.25) is 14.4 Å². The van der Waals surface area contributed by atoms with E-state index in [0.717, 1.165) is 23.7 Å². The number of benzene rings is 1. The number of amides is 2. The van der Waals surface area contributed by atoms with Crippen LogP contribution in [-0.2, 0) is 14.3 Å². The average molecular weight is 404 g/mol. The highest BCUT2D eigenvalue weighted by atomic mass is 32.1. The predicted octanol–water partition coefficient (Wildman–Crippen LogP) is 2.81. The minimum atomic E-state index is -0.673. The van der Waals surface area contributed by atoms with Gasteiger partial charge in [0.2, 0.25) is 0 Å². The maximum absolute atomic E-state index is 11.9. The summed E-state index contributed by atoms with van der Waals surface area (Å²) >= 11 is 1.34. The first-order valence-electron chi connectivity index (χ1n) is 9.08. The molecule has 0 aliphatic heterocycles. The summed E-state index contributed by atoms with van der Waals surface area (Å²) < 4.78 is 4.89. The van der Waals surface area contributed by atoms with Crippen molar-refractivity contribution in [2.24, 2.45) is 0 Å². The van der Waals surface area contributed by atoms with E-state index >= 15 is 0 Å². The van der Waals surface area contributed by atoms with E-state index in [1.165, 1.54) is 11.3 Å². The molecule has 7 nitrogen and oxygen atoms in total. The Morgan fingerprint density at radius 2 is 1.71 bits per heavy atom. The Morgan fingerprint density at radius 3 is 2.29 bits per heavy atom. The van der Waals surface area contributed by atoms with Crippen LogP contribution in [0.3, 0.4) is 0 Å². The van der Waals surface area contributed by atoms with Gasteiger partial charge in [-0.15, -0.1) is 11.3 Å². The highest BCUT2D eigenvalue weighted by Crippen LogP contribution is 2.17. The molecule has 2 rings (SSSR count). The van der Waals surface area contributed by atoms with Crippen molar-refractivity contribution in [3.05, 3.63) is 46.2 Å². The van der Waals surface area contributed by atoms with Crippen molar-refractivity contribution < 1.29 is 19.1 Å². The lowest BCUT2D eigenvalue weighted by molar-refractivity contribution is -0.146. The summed E-state index contributed by atoms with van der Waals surface area (Å²) in [7, 11) is 0. The number of hydrogen-bond acceptors (Lipinski definition) is 6. The van der Waals surface area contributed by atoms with Gasteiger partial charge in [-0.2, -0.15) is 0 Å². The molecule has 150 valence electrons. The molecule has 28 heavy (non-hydrogen) atoms. The largest absolute Gasteiger partial charge is 0.454 e. The number of anilines is 2. The zero-order valence-corrected chi connectivity index (χ0v) is 17.1. The van der Waals surface area contributed by atoms with E-state index in [1.54, 1.807) is 18.2 Å². The number of nitrogens with zero attached hydrogens (tertiary/aromatic N) is 1. The molecule has 0 unspecified atom stereocenters. The number of thiophene rings is 1. The molecule has 0 saturated heterocycles. The molecule has 2 aromatic rings. The Kier molecular flexibility index (Phi) is 8.01. The quantitative estimate of drug-likeness (QED) is 0.629. The van der Waals surface area contributed by atoms with Gasteiger partial charge in [-0.25, -0.2) is 0 Å². The minimum absolute atomic E-state index is 0.290. The Morgan fingerprint density at radius 1 is 1.04 bits per heavy atom. The van der Waals surface area contributed by atoms with Crippen LogP contribution in [0, 0.1) is 6.92 Å². The van der Waals surface area contributed by atoms with Gasteiger partial charge in [0, 0.05) is 29.3 Å². The molecule has 2 N–H and O–H groups in total. The number of carbonyl (C=O) groups is 3. The van der Waals surface area contributed by atoms with Crippen LogP contribution < -0.4 is 15.5 Å². The van der Waals surface area contributed by atoms with Crippen molar-refractivity contribution in [2.45, 2.75) is 20.8 Å². The van der Waals surface area contributed by atoms with Crippen LogP contribution in [0.25, 0.3) is 0 Å². The molecule has 0 bridgehead atoms. The van der Waals surface area contributed by atoms with Gasteiger partial charge < -0.3 is 20.3 Å². The van der Waals surface area contributed by atoms with Crippen LogP contribution in [0.5, 0.6) is 0 Å². The molecule has 0 saturated carbocycles. The second-order valence-electron chi connectivity index (χ2n) is 6.02. The molecule has 0 aliphatic carbocycles. The van der Waals surface area contributed by atoms with Crippen molar-refractivity contribution in [1.82, 2.24) is 5.32 Å². The molecule has 2 amide bonds. The zero-order valence-electron chi connectivity index (χ0n) is 16.3. The van der Waals surface area contributed by atoms with Crippen molar-refractivity contribution in [1.29, 1.82) is 0 Å². The average Bonchev–Trinajstić information content (AvgIpc) is 3.13. The second kappa shape index (κ2) is 10.5. The number of esters is 1. The fourth-order valence-electron chi connectivity index (χ4n) is 2.53. The SMILES string of the molecule is CCN(CC)c1ccc(NC(=O)COC(=O)CNC(=O)c2ccc(C)s2)cc1. The van der Waals surface area contributed by atoms with Crippen LogP contribution in [-0.4, -0.2) is 44.0 Å². The van der Waals surface area contributed by atoms with Gasteiger partial charge in [-0.05, 0) is 57.2 Å². The van der Waals surface area contributed by atoms with Crippen LogP contribution in [0.4, 0.5) is 11.4 Å². The summed E-state index contributed by atoms with van der Waals surface area (Å²) in [6.45, 7) is 7.16. The van der Waals surface area contributed by atoms with E-state index in [4.69, 9.17) is 4.74 Å². The minimum Gasteiger partial charge on any atom is -0.454 e. The number of ether oxygens (including phenoxy) is 1. The Labute approximate surface area is 168 Å². The Balaban J connectivity index is 1.72. The molecule has 0 spiro atoms. The van der Waals surface area contributed by atoms with Crippen molar-refractivity contribution in [3.63, 3.8) is 0 Å². The Bertz CT molecular complexity index is 813. The fraction of sp³-hybridized carbons (Fsp3) is 0.350. The summed E-state index contributed by atoms with van der Waals surface area (Å²) in [6.07, 6.45) is 0. The molecule has 0 radical (unpaired) electrons. The van der Waals surface area contributed by atoms with E-state index in [0.29, 0.717) is 10.6 Å². The van der Waals surface area contributed by atoms with E-state index < -0.39 is 18.5 Å². The van der Waals surface area contributed by atoms with E-state index in [-0.39, 0.29) is 12.5 Å². The molecule has 1 aromatic carbocycles. The number of rotatable bonds is 9. The third-order valence-electron chi connectivity index (χ3n) is 4.00. The summed E-state index contributed by atoms with van der Waals surface area (Å²) in [5.74, 6) is -1.45. The third-order valence-corrected chi connectivity index (χ3v) is 5.00. The van der Waals surface area contributed by atoms with Gasteiger partial charge in [0.15, 0.2) is 6.61 Å². The number of nitrogens with one attached hydrogen (secondary N) is 2. The van der Waals surface area contributed by atoms with Crippen molar-refractivity contribution in [3.8, 4) is 0 Å². The van der Waals surface area contributed by atoms with Gasteiger partial charge in [-0.1, -0.05) is 0 Å². The number of carbonyl (C=O) groups excluding carboxylic acids is 3. The predicted molar refractivity (Wildman–Crippen MR) is 111 cm³/mol. The summed E-state index contributed by atoms with van der Waals surface area (Å²) in [4.78, 5) is 39.2. The topological polar surface area (TPSA) is 87.7 Å². The van der Waals surface area contributed by atoms with Crippen molar-refractivity contribution >= 4 is 40.5 Å². The summed E-state index contributed by atoms with van der Waals surface area (Å²) in [6, 6.07) is 11.0. The van der Waals surface area contributed by atoms with Crippen LogP contribution in [0.15, 0.2) is 36.4 Å². The molecular weight excluding hydrogens is 378 g/mol. The molecule has 0 aliphatic rings. The highest BCUT2D eigenvalue weighted by Gasteiger charge is 2.12. The zero-order chi connectivity index (χ0) is 20.5. The standard InChI is InChI=1S/C20H25N3O4S/c1-4-23(5-2)16-9-7-15(8-10-16)22-18(24)13-27-19(25)12-21-20(26)17-11-6-14(3)28-17/h6-11H,4-5,12-13H2,1-3H3,(H,21,26)(H,22,24). The monoisotopic (exact) mass is 403 g/mol. The third kappa shape index (κ3) is 6.38.